The fourth-order valence-corrected chi connectivity index (χ4v) is 4.20. The van der Waals surface area contributed by atoms with Gasteiger partial charge in [0.05, 0.1) is 30.1 Å². The highest BCUT2D eigenvalue weighted by Crippen LogP contribution is 2.31. The number of piperazine rings is 1. The Morgan fingerprint density at radius 2 is 1.67 bits per heavy atom. The lowest BCUT2D eigenvalue weighted by atomic mass is 9.95. The van der Waals surface area contributed by atoms with E-state index in [4.69, 9.17) is 0 Å². The minimum atomic E-state index is -0.161. The Bertz CT molecular complexity index is 962. The first-order valence-corrected chi connectivity index (χ1v) is 10.2. The van der Waals surface area contributed by atoms with Gasteiger partial charge in [-0.3, -0.25) is 14.7 Å². The first kappa shape index (κ1) is 19.8. The van der Waals surface area contributed by atoms with Crippen LogP contribution in [0.4, 0.5) is 0 Å². The molecule has 5 nitrogen and oxygen atoms in total. The molecular weight excluding hydrogens is 372 g/mol. The second kappa shape index (κ2) is 9.34. The van der Waals surface area contributed by atoms with Crippen molar-refractivity contribution in [3.63, 3.8) is 0 Å². The van der Waals surface area contributed by atoms with Gasteiger partial charge in [0.15, 0.2) is 0 Å². The van der Waals surface area contributed by atoms with Crippen LogP contribution in [0.3, 0.4) is 0 Å². The first-order chi connectivity index (χ1) is 14.8. The number of nitrogens with zero attached hydrogens (tertiary/aromatic N) is 4. The number of rotatable bonds is 5. The van der Waals surface area contributed by atoms with Crippen LogP contribution in [-0.2, 0) is 0 Å². The molecule has 1 aliphatic heterocycles. The van der Waals surface area contributed by atoms with E-state index in [1.54, 1.807) is 24.5 Å². The van der Waals surface area contributed by atoms with Crippen LogP contribution in [0.1, 0.15) is 33.9 Å². The second-order valence-corrected chi connectivity index (χ2v) is 7.48. The van der Waals surface area contributed by atoms with Gasteiger partial charge in [0, 0.05) is 32.0 Å². The molecule has 0 aliphatic carbocycles. The van der Waals surface area contributed by atoms with E-state index in [9.17, 15) is 10.1 Å². The molecule has 0 saturated carbocycles. The smallest absolute Gasteiger partial charge is 0.255 e. The summed E-state index contributed by atoms with van der Waals surface area (Å²) in [5, 5.41) is 9.43. The molecule has 0 radical (unpaired) electrons. The van der Waals surface area contributed by atoms with Crippen molar-refractivity contribution < 1.29 is 4.79 Å². The van der Waals surface area contributed by atoms with E-state index < -0.39 is 0 Å². The van der Waals surface area contributed by atoms with Crippen LogP contribution in [0.2, 0.25) is 0 Å². The average molecular weight is 396 g/mol. The number of carbonyl (C=O) groups excluding carboxylic acids is 1. The normalized spacial score (nSPS) is 16.9. The van der Waals surface area contributed by atoms with Crippen LogP contribution >= 0.6 is 0 Å². The molecule has 1 aliphatic rings. The molecule has 1 saturated heterocycles. The number of pyridine rings is 1. The van der Waals surface area contributed by atoms with Crippen LogP contribution in [0.15, 0.2) is 85.2 Å². The van der Waals surface area contributed by atoms with E-state index in [2.05, 4.69) is 64.5 Å². The van der Waals surface area contributed by atoms with Crippen LogP contribution in [0.5, 0.6) is 0 Å². The number of carbonyl (C=O) groups is 1. The van der Waals surface area contributed by atoms with E-state index in [0.717, 1.165) is 6.54 Å². The maximum absolute atomic E-state index is 13.1. The van der Waals surface area contributed by atoms with Crippen LogP contribution < -0.4 is 0 Å². The van der Waals surface area contributed by atoms with Gasteiger partial charge in [0.1, 0.15) is 0 Å². The number of amides is 1. The molecule has 150 valence electrons. The number of hydrogen-bond donors (Lipinski definition) is 0. The molecule has 0 bridgehead atoms. The van der Waals surface area contributed by atoms with Crippen molar-refractivity contribution in [2.45, 2.75) is 18.5 Å². The van der Waals surface area contributed by atoms with E-state index >= 15 is 0 Å². The molecule has 30 heavy (non-hydrogen) atoms. The van der Waals surface area contributed by atoms with E-state index in [-0.39, 0.29) is 18.0 Å². The molecule has 0 spiro atoms. The summed E-state index contributed by atoms with van der Waals surface area (Å²) in [6, 6.07) is 26.6. The quantitative estimate of drug-likeness (QED) is 0.656. The third kappa shape index (κ3) is 4.24. The van der Waals surface area contributed by atoms with Gasteiger partial charge >= 0.3 is 0 Å². The lowest BCUT2D eigenvalue weighted by Crippen LogP contribution is -2.55. The Balaban J connectivity index is 1.62. The lowest BCUT2D eigenvalue weighted by Gasteiger charge is -2.44. The molecule has 1 unspecified atom stereocenters. The molecule has 3 aromatic rings. The summed E-state index contributed by atoms with van der Waals surface area (Å²) in [5.41, 5.74) is 2.99. The SMILES string of the molecule is N#CCC1CN(C(c2ccccc2)c2ccccc2)CCN1C(=O)c1cccnc1. The van der Waals surface area contributed by atoms with Gasteiger partial charge in [-0.25, -0.2) is 0 Å². The van der Waals surface area contributed by atoms with Crippen molar-refractivity contribution in [3.8, 4) is 6.07 Å². The largest absolute Gasteiger partial charge is 0.332 e. The Morgan fingerprint density at radius 1 is 1.00 bits per heavy atom. The monoisotopic (exact) mass is 396 g/mol. The zero-order valence-corrected chi connectivity index (χ0v) is 16.8. The lowest BCUT2D eigenvalue weighted by molar-refractivity contribution is 0.0397. The topological polar surface area (TPSA) is 60.2 Å². The Morgan fingerprint density at radius 3 is 2.23 bits per heavy atom. The Kier molecular flexibility index (Phi) is 6.17. The first-order valence-electron chi connectivity index (χ1n) is 10.2. The van der Waals surface area contributed by atoms with Gasteiger partial charge in [0.25, 0.3) is 5.91 Å². The predicted molar refractivity (Wildman–Crippen MR) is 116 cm³/mol. The summed E-state index contributed by atoms with van der Waals surface area (Å²) >= 11 is 0. The van der Waals surface area contributed by atoms with Gasteiger partial charge in [-0.2, -0.15) is 5.26 Å². The van der Waals surface area contributed by atoms with E-state index in [1.165, 1.54) is 11.1 Å². The van der Waals surface area contributed by atoms with E-state index in [0.29, 0.717) is 25.1 Å². The molecule has 4 rings (SSSR count). The van der Waals surface area contributed by atoms with Gasteiger partial charge in [-0.05, 0) is 23.3 Å². The summed E-state index contributed by atoms with van der Waals surface area (Å²) < 4.78 is 0. The molecule has 5 heteroatoms. The van der Waals surface area contributed by atoms with Crippen molar-refractivity contribution in [3.05, 3.63) is 102 Å². The number of benzene rings is 2. The molecule has 0 N–H and O–H groups in total. The summed E-state index contributed by atoms with van der Waals surface area (Å²) in [5.74, 6) is -0.0565. The predicted octanol–water partition coefficient (Wildman–Crippen LogP) is 3.91. The third-order valence-electron chi connectivity index (χ3n) is 5.61. The van der Waals surface area contributed by atoms with Crippen molar-refractivity contribution in [1.82, 2.24) is 14.8 Å². The molecule has 2 heterocycles. The standard InChI is InChI=1S/C25H24N4O/c26-14-13-23-19-28(16-17-29(23)25(30)22-12-7-15-27-18-22)24(20-8-3-1-4-9-20)21-10-5-2-6-11-21/h1-12,15,18,23-24H,13,16-17,19H2. The van der Waals surface area contributed by atoms with Gasteiger partial charge in [-0.1, -0.05) is 60.7 Å². The van der Waals surface area contributed by atoms with Gasteiger partial charge in [-0.15, -0.1) is 0 Å². The fraction of sp³-hybridized carbons (Fsp3) is 0.240. The highest BCUT2D eigenvalue weighted by atomic mass is 16.2. The van der Waals surface area contributed by atoms with Crippen molar-refractivity contribution >= 4 is 5.91 Å². The number of hydrogen-bond acceptors (Lipinski definition) is 4. The minimum Gasteiger partial charge on any atom is -0.332 e. The maximum atomic E-state index is 13.1. The summed E-state index contributed by atoms with van der Waals surface area (Å²) in [6.45, 7) is 1.96. The zero-order chi connectivity index (χ0) is 20.8. The third-order valence-corrected chi connectivity index (χ3v) is 5.61. The molecule has 2 aromatic carbocycles. The number of nitriles is 1. The maximum Gasteiger partial charge on any atom is 0.255 e. The zero-order valence-electron chi connectivity index (χ0n) is 16.8. The Labute approximate surface area is 177 Å². The second-order valence-electron chi connectivity index (χ2n) is 7.48. The van der Waals surface area contributed by atoms with Crippen molar-refractivity contribution in [2.24, 2.45) is 0 Å². The van der Waals surface area contributed by atoms with Crippen molar-refractivity contribution in [2.75, 3.05) is 19.6 Å². The van der Waals surface area contributed by atoms with Gasteiger partial charge in [0.2, 0.25) is 0 Å². The molecular formula is C25H24N4O. The molecule has 1 fully saturated rings. The fourth-order valence-electron chi connectivity index (χ4n) is 4.20. The molecule has 1 aromatic heterocycles. The highest BCUT2D eigenvalue weighted by Gasteiger charge is 2.34. The average Bonchev–Trinajstić information content (AvgIpc) is 2.81. The molecule has 1 amide bonds. The van der Waals surface area contributed by atoms with Crippen LogP contribution in [-0.4, -0.2) is 46.4 Å². The van der Waals surface area contributed by atoms with Gasteiger partial charge < -0.3 is 4.90 Å². The highest BCUT2D eigenvalue weighted by molar-refractivity contribution is 5.94. The van der Waals surface area contributed by atoms with Crippen molar-refractivity contribution in [1.29, 1.82) is 5.26 Å². The summed E-state index contributed by atoms with van der Waals surface area (Å²) in [7, 11) is 0. The Hall–Kier alpha value is -3.49. The molecule has 1 atom stereocenters. The summed E-state index contributed by atoms with van der Waals surface area (Å²) in [6.07, 6.45) is 3.56. The summed E-state index contributed by atoms with van der Waals surface area (Å²) in [4.78, 5) is 21.4. The minimum absolute atomic E-state index is 0.0565. The van der Waals surface area contributed by atoms with Crippen LogP contribution in [0.25, 0.3) is 0 Å². The van der Waals surface area contributed by atoms with E-state index in [1.807, 2.05) is 17.0 Å². The van der Waals surface area contributed by atoms with Crippen LogP contribution in [0, 0.1) is 11.3 Å². The number of aromatic nitrogens is 1.